The number of benzene rings is 2. The summed E-state index contributed by atoms with van der Waals surface area (Å²) in [5.41, 5.74) is 4.09. The van der Waals surface area contributed by atoms with Crippen LogP contribution in [0, 0.1) is 0 Å². The van der Waals surface area contributed by atoms with E-state index in [4.69, 9.17) is 4.74 Å². The van der Waals surface area contributed by atoms with Crippen molar-refractivity contribution in [3.8, 4) is 5.75 Å². The van der Waals surface area contributed by atoms with Crippen molar-refractivity contribution >= 4 is 38.0 Å². The second-order valence-electron chi connectivity index (χ2n) is 4.16. The van der Waals surface area contributed by atoms with Crippen LogP contribution in [-0.4, -0.2) is 12.1 Å². The van der Waals surface area contributed by atoms with E-state index in [0.717, 1.165) is 32.3 Å². The Bertz CT molecular complexity index is 755. The second kappa shape index (κ2) is 4.21. The lowest BCUT2D eigenvalue weighted by molar-refractivity contribution is -0.617. The Morgan fingerprint density at radius 1 is 1.06 bits per heavy atom. The lowest BCUT2D eigenvalue weighted by atomic mass is 10.2. The fraction of sp³-hybridized carbons (Fsp3) is 0.143. The van der Waals surface area contributed by atoms with Crippen molar-refractivity contribution in [3.05, 3.63) is 40.9 Å². The molecule has 90 valence electrons. The van der Waals surface area contributed by atoms with Gasteiger partial charge in [0, 0.05) is 22.7 Å². The summed E-state index contributed by atoms with van der Waals surface area (Å²) in [5, 5.41) is 0. The molecule has 4 heteroatoms. The van der Waals surface area contributed by atoms with Gasteiger partial charge in [-0.3, -0.25) is 0 Å². The van der Waals surface area contributed by atoms with E-state index in [1.165, 1.54) is 0 Å². The van der Waals surface area contributed by atoms with E-state index < -0.39 is 0 Å². The van der Waals surface area contributed by atoms with E-state index >= 15 is 0 Å². The van der Waals surface area contributed by atoms with Crippen molar-refractivity contribution in [2.75, 3.05) is 7.11 Å². The first-order valence-electron chi connectivity index (χ1n) is 5.62. The third-order valence-electron chi connectivity index (χ3n) is 3.08. The molecule has 0 aliphatic carbocycles. The van der Waals surface area contributed by atoms with E-state index in [9.17, 15) is 0 Å². The first-order chi connectivity index (χ1) is 8.69. The molecule has 0 amide bonds. The largest absolute Gasteiger partial charge is 0.497 e. The maximum atomic E-state index is 5.24. The van der Waals surface area contributed by atoms with Gasteiger partial charge in [-0.25, -0.2) is 4.98 Å². The number of halogens is 1. The third-order valence-corrected chi connectivity index (χ3v) is 3.58. The zero-order valence-corrected chi connectivity index (χ0v) is 11.7. The highest BCUT2D eigenvalue weighted by atomic mass is 79.9. The average Bonchev–Trinajstić information content (AvgIpc) is 2.38. The highest BCUT2D eigenvalue weighted by Crippen LogP contribution is 2.21. The van der Waals surface area contributed by atoms with Gasteiger partial charge in [0.1, 0.15) is 23.8 Å². The maximum absolute atomic E-state index is 5.24. The van der Waals surface area contributed by atoms with Crippen LogP contribution in [0.3, 0.4) is 0 Å². The molecule has 3 nitrogen and oxygen atoms in total. The Balaban J connectivity index is 2.44. The third kappa shape index (κ3) is 1.73. The van der Waals surface area contributed by atoms with Gasteiger partial charge in [-0.15, -0.1) is 0 Å². The molecule has 0 N–H and O–H groups in total. The predicted octanol–water partition coefficient (Wildman–Crippen LogP) is 2.98. The first kappa shape index (κ1) is 11.4. The van der Waals surface area contributed by atoms with Crippen LogP contribution in [0.25, 0.3) is 22.1 Å². The second-order valence-corrected chi connectivity index (χ2v) is 5.07. The van der Waals surface area contributed by atoms with Gasteiger partial charge in [0.25, 0.3) is 0 Å². The highest BCUT2D eigenvalue weighted by Gasteiger charge is 2.13. The van der Waals surface area contributed by atoms with Gasteiger partial charge < -0.3 is 4.74 Å². The number of hydrogen-bond donors (Lipinski definition) is 0. The quantitative estimate of drug-likeness (QED) is 0.510. The summed E-state index contributed by atoms with van der Waals surface area (Å²) in [7, 11) is 3.71. The topological polar surface area (TPSA) is 26.0 Å². The van der Waals surface area contributed by atoms with Crippen molar-refractivity contribution in [3.63, 3.8) is 0 Å². The molecule has 1 aromatic heterocycles. The molecule has 0 spiro atoms. The van der Waals surface area contributed by atoms with Crippen molar-refractivity contribution in [1.29, 1.82) is 0 Å². The van der Waals surface area contributed by atoms with Crippen molar-refractivity contribution in [2.24, 2.45) is 7.05 Å². The van der Waals surface area contributed by atoms with Crippen LogP contribution in [0.5, 0.6) is 5.75 Å². The summed E-state index contributed by atoms with van der Waals surface area (Å²) in [4.78, 5) is 4.68. The van der Waals surface area contributed by atoms with Gasteiger partial charge >= 0.3 is 0 Å². The molecular weight excluding hydrogens is 292 g/mol. The molecule has 2 aromatic carbocycles. The molecule has 0 aliphatic rings. The molecule has 3 aromatic rings. The summed E-state index contributed by atoms with van der Waals surface area (Å²) in [6, 6.07) is 12.1. The summed E-state index contributed by atoms with van der Waals surface area (Å²) >= 11 is 3.48. The van der Waals surface area contributed by atoms with Crippen molar-refractivity contribution in [2.45, 2.75) is 0 Å². The van der Waals surface area contributed by atoms with Crippen LogP contribution in [0.4, 0.5) is 0 Å². The number of ether oxygens (including phenoxy) is 1. The van der Waals surface area contributed by atoms with Gasteiger partial charge in [0.05, 0.1) is 7.11 Å². The first-order valence-corrected chi connectivity index (χ1v) is 6.41. The van der Waals surface area contributed by atoms with Crippen LogP contribution in [0.2, 0.25) is 0 Å². The van der Waals surface area contributed by atoms with Crippen molar-refractivity contribution < 1.29 is 9.30 Å². The van der Waals surface area contributed by atoms with E-state index in [1.807, 2.05) is 37.4 Å². The Morgan fingerprint density at radius 2 is 1.72 bits per heavy atom. The van der Waals surface area contributed by atoms with Crippen LogP contribution in [0.15, 0.2) is 40.9 Å². The summed E-state index contributed by atoms with van der Waals surface area (Å²) in [6.07, 6.45) is 0. The minimum Gasteiger partial charge on any atom is -0.497 e. The fourth-order valence-corrected chi connectivity index (χ4v) is 2.48. The molecule has 1 heterocycles. The summed E-state index contributed by atoms with van der Waals surface area (Å²) < 4.78 is 8.41. The van der Waals surface area contributed by atoms with Gasteiger partial charge in [0.15, 0.2) is 0 Å². The van der Waals surface area contributed by atoms with Crippen molar-refractivity contribution in [1.82, 2.24) is 4.98 Å². The number of aryl methyl sites for hydroxylation is 1. The standard InChI is InChI=1S/C14H12BrN2O/c1-17-13-5-3-9(15)7-11(13)16-12-8-10(18-2)4-6-14(12)17/h3-8H,1-2H3/q+1. The van der Waals surface area contributed by atoms with Gasteiger partial charge in [-0.05, 0) is 18.2 Å². The Kier molecular flexibility index (Phi) is 2.67. The summed E-state index contributed by atoms with van der Waals surface area (Å²) in [5.74, 6) is 0.823. The molecule has 0 radical (unpaired) electrons. The number of rotatable bonds is 1. The normalized spacial score (nSPS) is 11.1. The lowest BCUT2D eigenvalue weighted by Crippen LogP contribution is -2.30. The Labute approximate surface area is 113 Å². The average molecular weight is 304 g/mol. The maximum Gasteiger partial charge on any atom is 0.231 e. The molecule has 0 unspecified atom stereocenters. The molecule has 0 saturated carbocycles. The number of aromatic nitrogens is 2. The molecule has 0 saturated heterocycles. The number of nitrogens with zero attached hydrogens (tertiary/aromatic N) is 2. The molecular formula is C14H12BrN2O+. The minimum atomic E-state index is 0.823. The molecule has 0 aliphatic heterocycles. The van der Waals surface area contributed by atoms with E-state index in [0.29, 0.717) is 0 Å². The predicted molar refractivity (Wildman–Crippen MR) is 74.7 cm³/mol. The Morgan fingerprint density at radius 3 is 2.44 bits per heavy atom. The molecule has 0 atom stereocenters. The number of fused-ring (bicyclic) bond motifs is 2. The van der Waals surface area contributed by atoms with E-state index in [2.05, 4.69) is 31.5 Å². The highest BCUT2D eigenvalue weighted by molar-refractivity contribution is 9.10. The number of methoxy groups -OCH3 is 1. The monoisotopic (exact) mass is 303 g/mol. The summed E-state index contributed by atoms with van der Waals surface area (Å²) in [6.45, 7) is 0. The molecule has 0 bridgehead atoms. The zero-order chi connectivity index (χ0) is 12.7. The fourth-order valence-electron chi connectivity index (χ4n) is 2.13. The molecule has 0 fully saturated rings. The van der Waals surface area contributed by atoms with Crippen LogP contribution >= 0.6 is 15.9 Å². The molecule has 18 heavy (non-hydrogen) atoms. The van der Waals surface area contributed by atoms with E-state index in [1.54, 1.807) is 7.11 Å². The SMILES string of the molecule is COc1ccc2c(c1)nc1cc(Br)ccc1[n+]2C. The van der Waals surface area contributed by atoms with Crippen LogP contribution < -0.4 is 9.30 Å². The lowest BCUT2D eigenvalue weighted by Gasteiger charge is -2.03. The number of hydrogen-bond acceptors (Lipinski definition) is 2. The van der Waals surface area contributed by atoms with Gasteiger partial charge in [-0.1, -0.05) is 15.9 Å². The van der Waals surface area contributed by atoms with E-state index in [-0.39, 0.29) is 0 Å². The van der Waals surface area contributed by atoms with Crippen LogP contribution in [0.1, 0.15) is 0 Å². The smallest absolute Gasteiger partial charge is 0.231 e. The van der Waals surface area contributed by atoms with Gasteiger partial charge in [0.2, 0.25) is 11.0 Å². The van der Waals surface area contributed by atoms with Gasteiger partial charge in [-0.2, -0.15) is 4.57 Å². The zero-order valence-electron chi connectivity index (χ0n) is 10.1. The molecule has 3 rings (SSSR count). The Hall–Kier alpha value is -1.68. The van der Waals surface area contributed by atoms with Crippen LogP contribution in [-0.2, 0) is 7.05 Å². The minimum absolute atomic E-state index is 0.823.